The molecule has 3 heteroatoms. The molecular weight excluding hydrogens is 210 g/mol. The second kappa shape index (κ2) is 5.21. The molecule has 1 saturated carbocycles. The number of hydrogen-bond acceptors (Lipinski definition) is 2. The van der Waals surface area contributed by atoms with Gasteiger partial charge in [-0.2, -0.15) is 5.10 Å². The largest absolute Gasteiger partial charge is 0.330 e. The van der Waals surface area contributed by atoms with Crippen LogP contribution in [0.2, 0.25) is 0 Å². The van der Waals surface area contributed by atoms with Gasteiger partial charge >= 0.3 is 0 Å². The molecule has 1 aromatic heterocycles. The zero-order valence-electron chi connectivity index (χ0n) is 11.2. The Balaban J connectivity index is 2.03. The number of nitrogens with zero attached hydrogens (tertiary/aromatic N) is 2. The summed E-state index contributed by atoms with van der Waals surface area (Å²) in [6.45, 7) is 6.25. The lowest BCUT2D eigenvalue weighted by Crippen LogP contribution is -2.36. The predicted molar refractivity (Wildman–Crippen MR) is 70.7 cm³/mol. The summed E-state index contributed by atoms with van der Waals surface area (Å²) in [5.74, 6) is 0.882. The lowest BCUT2D eigenvalue weighted by molar-refractivity contribution is 0.163. The Bertz CT molecular complexity index is 348. The van der Waals surface area contributed by atoms with Crippen LogP contribution in [0.1, 0.15) is 45.1 Å². The van der Waals surface area contributed by atoms with E-state index in [1.165, 1.54) is 31.2 Å². The molecule has 3 nitrogen and oxygen atoms in total. The molecule has 0 amide bonds. The second-order valence-corrected chi connectivity index (χ2v) is 5.77. The zero-order valence-corrected chi connectivity index (χ0v) is 11.2. The van der Waals surface area contributed by atoms with Crippen LogP contribution in [0.3, 0.4) is 0 Å². The summed E-state index contributed by atoms with van der Waals surface area (Å²) in [5, 5.41) is 4.36. The highest BCUT2D eigenvalue weighted by molar-refractivity contribution is 5.08. The van der Waals surface area contributed by atoms with Crippen molar-refractivity contribution < 1.29 is 0 Å². The average molecular weight is 235 g/mol. The van der Waals surface area contributed by atoms with E-state index in [1.54, 1.807) is 0 Å². The van der Waals surface area contributed by atoms with Gasteiger partial charge in [-0.15, -0.1) is 0 Å². The average Bonchev–Trinajstić information content (AvgIpc) is 2.80. The molecule has 1 aliphatic rings. The van der Waals surface area contributed by atoms with Gasteiger partial charge in [-0.05, 0) is 49.6 Å². The molecular formula is C14H25N3. The van der Waals surface area contributed by atoms with Crippen molar-refractivity contribution in [1.29, 1.82) is 0 Å². The normalized spacial score (nSPS) is 29.5. The molecule has 2 N–H and O–H groups in total. The lowest BCUT2D eigenvalue weighted by Gasteiger charge is -2.38. The van der Waals surface area contributed by atoms with Crippen molar-refractivity contribution in [2.45, 2.75) is 52.5 Å². The van der Waals surface area contributed by atoms with Crippen LogP contribution in [0, 0.1) is 11.3 Å². The number of nitrogens with two attached hydrogens (primary N) is 1. The summed E-state index contributed by atoms with van der Waals surface area (Å²) in [5.41, 5.74) is 7.74. The Morgan fingerprint density at radius 2 is 2.18 bits per heavy atom. The van der Waals surface area contributed by atoms with E-state index in [0.717, 1.165) is 25.4 Å². The van der Waals surface area contributed by atoms with Crippen LogP contribution in [0.15, 0.2) is 12.4 Å². The number of aryl methyl sites for hydroxylation is 1. The molecule has 0 aromatic carbocycles. The van der Waals surface area contributed by atoms with E-state index in [2.05, 4.69) is 25.1 Å². The van der Waals surface area contributed by atoms with Gasteiger partial charge in [-0.25, -0.2) is 0 Å². The van der Waals surface area contributed by atoms with E-state index in [-0.39, 0.29) is 0 Å². The number of rotatable bonds is 4. The van der Waals surface area contributed by atoms with Crippen molar-refractivity contribution in [2.75, 3.05) is 6.54 Å². The second-order valence-electron chi connectivity index (χ2n) is 5.77. The maximum absolute atomic E-state index is 6.04. The summed E-state index contributed by atoms with van der Waals surface area (Å²) in [6, 6.07) is 0. The molecule has 1 aliphatic carbocycles. The van der Waals surface area contributed by atoms with Crippen molar-refractivity contribution in [1.82, 2.24) is 9.78 Å². The Hall–Kier alpha value is -0.830. The molecule has 0 unspecified atom stereocenters. The molecule has 0 saturated heterocycles. The number of aromatic nitrogens is 2. The van der Waals surface area contributed by atoms with Gasteiger partial charge in [0.15, 0.2) is 0 Å². The van der Waals surface area contributed by atoms with Crippen molar-refractivity contribution in [3.8, 4) is 0 Å². The first kappa shape index (κ1) is 12.6. The third-order valence-corrected chi connectivity index (χ3v) is 4.36. The minimum absolute atomic E-state index is 0.341. The maximum Gasteiger partial charge on any atom is 0.0521 e. The molecule has 17 heavy (non-hydrogen) atoms. The van der Waals surface area contributed by atoms with E-state index in [4.69, 9.17) is 5.73 Å². The third-order valence-electron chi connectivity index (χ3n) is 4.36. The molecule has 1 aromatic rings. The minimum Gasteiger partial charge on any atom is -0.330 e. The summed E-state index contributed by atoms with van der Waals surface area (Å²) in [4.78, 5) is 0. The quantitative estimate of drug-likeness (QED) is 0.871. The van der Waals surface area contributed by atoms with Gasteiger partial charge < -0.3 is 5.73 Å². The summed E-state index contributed by atoms with van der Waals surface area (Å²) in [7, 11) is 0. The van der Waals surface area contributed by atoms with Crippen molar-refractivity contribution in [3.63, 3.8) is 0 Å². The SMILES string of the molecule is CCn1cc(CC2(CN)CCC(C)CC2)cn1. The number of hydrogen-bond donors (Lipinski definition) is 1. The predicted octanol–water partition coefficient (Wildman–Crippen LogP) is 2.60. The fourth-order valence-corrected chi connectivity index (χ4v) is 2.93. The van der Waals surface area contributed by atoms with Gasteiger partial charge in [-0.3, -0.25) is 4.68 Å². The molecule has 1 heterocycles. The fraction of sp³-hybridized carbons (Fsp3) is 0.786. The van der Waals surface area contributed by atoms with Gasteiger partial charge in [0.2, 0.25) is 0 Å². The first-order valence-electron chi connectivity index (χ1n) is 6.89. The highest BCUT2D eigenvalue weighted by Gasteiger charge is 2.33. The van der Waals surface area contributed by atoms with Gasteiger partial charge in [-0.1, -0.05) is 19.8 Å². The van der Waals surface area contributed by atoms with E-state index in [0.29, 0.717) is 5.41 Å². The van der Waals surface area contributed by atoms with E-state index >= 15 is 0 Å². The monoisotopic (exact) mass is 235 g/mol. The van der Waals surface area contributed by atoms with Gasteiger partial charge in [0.1, 0.15) is 0 Å². The smallest absolute Gasteiger partial charge is 0.0521 e. The minimum atomic E-state index is 0.341. The Morgan fingerprint density at radius 3 is 2.71 bits per heavy atom. The summed E-state index contributed by atoms with van der Waals surface area (Å²) in [6.07, 6.45) is 10.5. The lowest BCUT2D eigenvalue weighted by atomic mass is 9.68. The van der Waals surface area contributed by atoms with Crippen LogP contribution < -0.4 is 5.73 Å². The molecule has 1 fully saturated rings. The first-order valence-corrected chi connectivity index (χ1v) is 6.89. The standard InChI is InChI=1S/C14H25N3/c1-3-17-10-13(9-16-17)8-14(11-15)6-4-12(2)5-7-14/h9-10,12H,3-8,11,15H2,1-2H3. The summed E-state index contributed by atoms with van der Waals surface area (Å²) < 4.78 is 2.00. The Labute approximate surface area is 104 Å². The molecule has 0 bridgehead atoms. The van der Waals surface area contributed by atoms with Crippen LogP contribution in [0.25, 0.3) is 0 Å². The van der Waals surface area contributed by atoms with Crippen molar-refractivity contribution in [2.24, 2.45) is 17.1 Å². The summed E-state index contributed by atoms with van der Waals surface area (Å²) >= 11 is 0. The van der Waals surface area contributed by atoms with E-state index < -0.39 is 0 Å². The topological polar surface area (TPSA) is 43.8 Å². The van der Waals surface area contributed by atoms with E-state index in [1.807, 2.05) is 10.9 Å². The van der Waals surface area contributed by atoms with Crippen LogP contribution in [0.4, 0.5) is 0 Å². The molecule has 2 rings (SSSR count). The van der Waals surface area contributed by atoms with Crippen LogP contribution in [-0.4, -0.2) is 16.3 Å². The zero-order chi connectivity index (χ0) is 12.3. The molecule has 0 aliphatic heterocycles. The third kappa shape index (κ3) is 2.89. The van der Waals surface area contributed by atoms with Crippen molar-refractivity contribution in [3.05, 3.63) is 18.0 Å². The highest BCUT2D eigenvalue weighted by Crippen LogP contribution is 2.40. The van der Waals surface area contributed by atoms with Crippen LogP contribution >= 0.6 is 0 Å². The first-order chi connectivity index (χ1) is 8.17. The molecule has 0 spiro atoms. The van der Waals surface area contributed by atoms with Gasteiger partial charge in [0.05, 0.1) is 6.20 Å². The molecule has 0 atom stereocenters. The van der Waals surface area contributed by atoms with Crippen LogP contribution in [-0.2, 0) is 13.0 Å². The van der Waals surface area contributed by atoms with Crippen LogP contribution in [0.5, 0.6) is 0 Å². The van der Waals surface area contributed by atoms with Gasteiger partial charge in [0, 0.05) is 12.7 Å². The van der Waals surface area contributed by atoms with Gasteiger partial charge in [0.25, 0.3) is 0 Å². The Kier molecular flexibility index (Phi) is 3.87. The molecule has 0 radical (unpaired) electrons. The Morgan fingerprint density at radius 1 is 1.47 bits per heavy atom. The fourth-order valence-electron chi connectivity index (χ4n) is 2.93. The van der Waals surface area contributed by atoms with Crippen molar-refractivity contribution >= 4 is 0 Å². The highest BCUT2D eigenvalue weighted by atomic mass is 15.3. The van der Waals surface area contributed by atoms with E-state index in [9.17, 15) is 0 Å². The molecule has 96 valence electrons. The maximum atomic E-state index is 6.04.